The first kappa shape index (κ1) is 22.6. The van der Waals surface area contributed by atoms with Crippen LogP contribution < -0.4 is 14.2 Å². The van der Waals surface area contributed by atoms with Crippen molar-refractivity contribution in [2.45, 2.75) is 11.3 Å². The van der Waals surface area contributed by atoms with E-state index in [0.29, 0.717) is 18.9 Å². The van der Waals surface area contributed by atoms with Crippen LogP contribution in [-0.2, 0) is 14.8 Å². The second-order valence-corrected chi connectivity index (χ2v) is 8.76. The average molecular weight is 443 g/mol. The smallest absolute Gasteiger partial charge is 0.240 e. The Bertz CT molecular complexity index is 1130. The summed E-state index contributed by atoms with van der Waals surface area (Å²) in [5.41, 5.74) is 0. The minimum Gasteiger partial charge on any atom is -0.497 e. The molecule has 0 atom stereocenters. The lowest BCUT2D eigenvalue weighted by molar-refractivity contribution is -0.130. The molecule has 0 aliphatic heterocycles. The summed E-state index contributed by atoms with van der Waals surface area (Å²) in [7, 11) is -0.428. The zero-order valence-corrected chi connectivity index (χ0v) is 18.4. The molecule has 3 rings (SSSR count). The molecule has 0 aliphatic carbocycles. The maximum absolute atomic E-state index is 12.5. The van der Waals surface area contributed by atoms with Crippen LogP contribution in [0.1, 0.15) is 6.42 Å². The highest BCUT2D eigenvalue weighted by Gasteiger charge is 2.16. The van der Waals surface area contributed by atoms with Crippen LogP contribution in [0, 0.1) is 0 Å². The van der Waals surface area contributed by atoms with E-state index in [1.165, 1.54) is 4.90 Å². The third kappa shape index (κ3) is 6.19. The fraction of sp³-hybridized carbons (Fsp3) is 0.261. The molecule has 164 valence electrons. The number of carbonyl (C=O) groups excluding carboxylic acids is 1. The number of likely N-dealkylation sites (N-methyl/N-ethyl adjacent to an activating group) is 1. The van der Waals surface area contributed by atoms with Crippen LogP contribution in [0.15, 0.2) is 71.6 Å². The number of nitrogens with zero attached hydrogens (tertiary/aromatic N) is 1. The van der Waals surface area contributed by atoms with E-state index in [0.717, 1.165) is 16.5 Å². The van der Waals surface area contributed by atoms with Gasteiger partial charge in [0.15, 0.2) is 0 Å². The second kappa shape index (κ2) is 10.3. The van der Waals surface area contributed by atoms with Crippen LogP contribution in [0.2, 0.25) is 0 Å². The van der Waals surface area contributed by atoms with Crippen LogP contribution in [0.5, 0.6) is 11.5 Å². The predicted octanol–water partition coefficient (Wildman–Crippen LogP) is 3.05. The van der Waals surface area contributed by atoms with Crippen molar-refractivity contribution in [2.75, 3.05) is 33.9 Å². The van der Waals surface area contributed by atoms with E-state index in [1.807, 2.05) is 24.3 Å². The van der Waals surface area contributed by atoms with Gasteiger partial charge in [0.05, 0.1) is 18.6 Å². The van der Waals surface area contributed by atoms with Crippen LogP contribution in [0.4, 0.5) is 0 Å². The molecular formula is C23H26N2O5S. The van der Waals surface area contributed by atoms with Gasteiger partial charge in [-0.25, -0.2) is 13.1 Å². The number of nitrogens with one attached hydrogen (secondary N) is 1. The molecule has 7 nitrogen and oxygen atoms in total. The molecular weight excluding hydrogens is 416 g/mol. The Kier molecular flexibility index (Phi) is 7.49. The third-order valence-corrected chi connectivity index (χ3v) is 6.30. The minimum atomic E-state index is -3.69. The van der Waals surface area contributed by atoms with E-state index in [-0.39, 0.29) is 23.8 Å². The normalized spacial score (nSPS) is 11.3. The number of sulfonamides is 1. The molecule has 0 spiro atoms. The van der Waals surface area contributed by atoms with E-state index in [1.54, 1.807) is 56.6 Å². The van der Waals surface area contributed by atoms with Gasteiger partial charge in [0.2, 0.25) is 15.9 Å². The van der Waals surface area contributed by atoms with E-state index in [2.05, 4.69) is 4.72 Å². The molecule has 1 N–H and O–H groups in total. The van der Waals surface area contributed by atoms with Gasteiger partial charge in [-0.05, 0) is 47.2 Å². The van der Waals surface area contributed by atoms with Crippen LogP contribution >= 0.6 is 0 Å². The Morgan fingerprint density at radius 3 is 2.35 bits per heavy atom. The molecule has 1 amide bonds. The molecule has 0 saturated carbocycles. The summed E-state index contributed by atoms with van der Waals surface area (Å²) in [4.78, 5) is 14.0. The van der Waals surface area contributed by atoms with E-state index in [4.69, 9.17) is 9.47 Å². The number of hydrogen-bond acceptors (Lipinski definition) is 5. The minimum absolute atomic E-state index is 0.0255. The summed E-state index contributed by atoms with van der Waals surface area (Å²) in [5.74, 6) is 1.26. The highest BCUT2D eigenvalue weighted by atomic mass is 32.2. The lowest BCUT2D eigenvalue weighted by Gasteiger charge is -2.18. The van der Waals surface area contributed by atoms with E-state index < -0.39 is 10.0 Å². The summed E-state index contributed by atoms with van der Waals surface area (Å²) < 4.78 is 38.3. The summed E-state index contributed by atoms with van der Waals surface area (Å²) in [6.45, 7) is 0.747. The van der Waals surface area contributed by atoms with Gasteiger partial charge in [0, 0.05) is 20.0 Å². The van der Waals surface area contributed by atoms with E-state index in [9.17, 15) is 13.2 Å². The van der Waals surface area contributed by atoms with Gasteiger partial charge < -0.3 is 14.4 Å². The van der Waals surface area contributed by atoms with Gasteiger partial charge >= 0.3 is 0 Å². The maximum atomic E-state index is 12.5. The van der Waals surface area contributed by atoms with Gasteiger partial charge in [0.25, 0.3) is 0 Å². The summed E-state index contributed by atoms with van der Waals surface area (Å²) in [6.07, 6.45) is 0.0614. The number of ether oxygens (including phenoxy) is 2. The Morgan fingerprint density at radius 2 is 1.65 bits per heavy atom. The summed E-state index contributed by atoms with van der Waals surface area (Å²) >= 11 is 0. The second-order valence-electron chi connectivity index (χ2n) is 7.00. The van der Waals surface area contributed by atoms with Crippen molar-refractivity contribution in [1.82, 2.24) is 9.62 Å². The van der Waals surface area contributed by atoms with Crippen molar-refractivity contribution in [3.05, 3.63) is 66.7 Å². The highest BCUT2D eigenvalue weighted by molar-refractivity contribution is 7.89. The standard InChI is InChI=1S/C23H26N2O5S/c1-25(15-16-30-21-10-8-20(29-2)9-11-21)23(26)13-14-24-31(27,28)22-12-7-18-5-3-4-6-19(18)17-22/h3-12,17,24H,13-16H2,1-2H3. The molecule has 0 fully saturated rings. The van der Waals surface area contributed by atoms with Crippen molar-refractivity contribution in [1.29, 1.82) is 0 Å². The fourth-order valence-corrected chi connectivity index (χ4v) is 4.06. The Morgan fingerprint density at radius 1 is 0.968 bits per heavy atom. The van der Waals surface area contributed by atoms with Gasteiger partial charge in [-0.3, -0.25) is 4.79 Å². The monoisotopic (exact) mass is 442 g/mol. The first-order valence-electron chi connectivity index (χ1n) is 9.88. The van der Waals surface area contributed by atoms with Crippen LogP contribution in [0.3, 0.4) is 0 Å². The fourth-order valence-electron chi connectivity index (χ4n) is 3.00. The number of rotatable bonds is 10. The topological polar surface area (TPSA) is 84.9 Å². The molecule has 0 unspecified atom stereocenters. The van der Waals surface area contributed by atoms with Crippen molar-refractivity contribution >= 4 is 26.7 Å². The lowest BCUT2D eigenvalue weighted by Crippen LogP contribution is -2.34. The molecule has 0 saturated heterocycles. The number of hydrogen-bond donors (Lipinski definition) is 1. The molecule has 0 bridgehead atoms. The SMILES string of the molecule is COc1ccc(OCCN(C)C(=O)CCNS(=O)(=O)c2ccc3ccccc3c2)cc1. The molecule has 0 aromatic heterocycles. The van der Waals surface area contributed by atoms with Crippen LogP contribution in [0.25, 0.3) is 10.8 Å². The third-order valence-electron chi connectivity index (χ3n) is 4.84. The molecule has 3 aromatic carbocycles. The van der Waals surface area contributed by atoms with Crippen LogP contribution in [-0.4, -0.2) is 53.1 Å². The van der Waals surface area contributed by atoms with Gasteiger partial charge in [-0.1, -0.05) is 30.3 Å². The first-order valence-corrected chi connectivity index (χ1v) is 11.4. The largest absolute Gasteiger partial charge is 0.497 e. The number of fused-ring (bicyclic) bond motifs is 1. The number of carbonyl (C=O) groups is 1. The number of methoxy groups -OCH3 is 1. The zero-order chi connectivity index (χ0) is 22.3. The Balaban J connectivity index is 1.44. The Labute approximate surface area is 182 Å². The zero-order valence-electron chi connectivity index (χ0n) is 17.6. The maximum Gasteiger partial charge on any atom is 0.240 e. The Hall–Kier alpha value is -3.10. The number of amides is 1. The number of benzene rings is 3. The molecule has 8 heteroatoms. The predicted molar refractivity (Wildman–Crippen MR) is 120 cm³/mol. The highest BCUT2D eigenvalue weighted by Crippen LogP contribution is 2.19. The first-order chi connectivity index (χ1) is 14.9. The molecule has 3 aromatic rings. The van der Waals surface area contributed by atoms with Crippen molar-refractivity contribution in [3.8, 4) is 11.5 Å². The molecule has 0 aliphatic rings. The molecule has 0 heterocycles. The molecule has 31 heavy (non-hydrogen) atoms. The summed E-state index contributed by atoms with van der Waals surface area (Å²) in [5, 5.41) is 1.81. The van der Waals surface area contributed by atoms with Gasteiger partial charge in [-0.15, -0.1) is 0 Å². The average Bonchev–Trinajstić information content (AvgIpc) is 2.79. The van der Waals surface area contributed by atoms with Gasteiger partial charge in [0.1, 0.15) is 18.1 Å². The van der Waals surface area contributed by atoms with Gasteiger partial charge in [-0.2, -0.15) is 0 Å². The summed E-state index contributed by atoms with van der Waals surface area (Å²) in [6, 6.07) is 19.7. The lowest BCUT2D eigenvalue weighted by atomic mass is 10.1. The quantitative estimate of drug-likeness (QED) is 0.522. The van der Waals surface area contributed by atoms with E-state index >= 15 is 0 Å². The van der Waals surface area contributed by atoms with Crippen molar-refractivity contribution in [3.63, 3.8) is 0 Å². The van der Waals surface area contributed by atoms with Crippen molar-refractivity contribution in [2.24, 2.45) is 0 Å². The van der Waals surface area contributed by atoms with Crippen molar-refractivity contribution < 1.29 is 22.7 Å². The molecule has 0 radical (unpaired) electrons.